The summed E-state index contributed by atoms with van der Waals surface area (Å²) in [6, 6.07) is 15.0. The van der Waals surface area contributed by atoms with Crippen LogP contribution >= 0.6 is 0 Å². The zero-order chi connectivity index (χ0) is 19.8. The molecule has 0 unspecified atom stereocenters. The number of rotatable bonds is 9. The molecule has 0 fully saturated rings. The monoisotopic (exact) mass is 382 g/mol. The van der Waals surface area contributed by atoms with Crippen LogP contribution in [0.4, 0.5) is 0 Å². The normalized spacial score (nSPS) is 10.5. The van der Waals surface area contributed by atoms with E-state index in [0.29, 0.717) is 24.7 Å². The standard InChI is InChI=1S/C21H22N2O5/c1-15-5-3-6-18(13-15)26-12-4-7-20(24)27-14-19-22-21(28-23-19)16-8-10-17(25-2)11-9-16/h3,5-6,8-11,13H,4,7,12,14H2,1-2H3. The molecule has 0 aliphatic heterocycles. The second-order valence-corrected chi connectivity index (χ2v) is 6.17. The molecule has 0 N–H and O–H groups in total. The van der Waals surface area contributed by atoms with E-state index in [4.69, 9.17) is 18.7 Å². The molecule has 146 valence electrons. The Kier molecular flexibility index (Phi) is 6.62. The Balaban J connectivity index is 1.39. The van der Waals surface area contributed by atoms with Crippen LogP contribution in [-0.4, -0.2) is 29.8 Å². The van der Waals surface area contributed by atoms with Crippen molar-refractivity contribution in [2.45, 2.75) is 26.4 Å². The van der Waals surface area contributed by atoms with Gasteiger partial charge in [0.15, 0.2) is 6.61 Å². The molecule has 7 nitrogen and oxygen atoms in total. The Hall–Kier alpha value is -3.35. The Bertz CT molecular complexity index is 905. The van der Waals surface area contributed by atoms with E-state index in [9.17, 15) is 4.79 Å². The average molecular weight is 382 g/mol. The van der Waals surface area contributed by atoms with E-state index in [0.717, 1.165) is 22.6 Å². The fourth-order valence-corrected chi connectivity index (χ4v) is 2.49. The summed E-state index contributed by atoms with van der Waals surface area (Å²) in [5.41, 5.74) is 1.89. The van der Waals surface area contributed by atoms with E-state index in [1.54, 1.807) is 19.2 Å². The lowest BCUT2D eigenvalue weighted by Gasteiger charge is -2.06. The highest BCUT2D eigenvalue weighted by molar-refractivity contribution is 5.69. The molecule has 0 saturated heterocycles. The number of nitrogens with zero attached hydrogens (tertiary/aromatic N) is 2. The molecule has 0 spiro atoms. The summed E-state index contributed by atoms with van der Waals surface area (Å²) in [5, 5.41) is 3.83. The van der Waals surface area contributed by atoms with Crippen molar-refractivity contribution in [1.29, 1.82) is 0 Å². The number of hydrogen-bond donors (Lipinski definition) is 0. The highest BCUT2D eigenvalue weighted by Gasteiger charge is 2.11. The molecule has 0 bridgehead atoms. The van der Waals surface area contributed by atoms with E-state index in [1.807, 2.05) is 43.3 Å². The lowest BCUT2D eigenvalue weighted by molar-refractivity contribution is -0.145. The van der Waals surface area contributed by atoms with Gasteiger partial charge in [0.05, 0.1) is 13.7 Å². The van der Waals surface area contributed by atoms with Crippen molar-refractivity contribution < 1.29 is 23.5 Å². The molecule has 0 atom stereocenters. The van der Waals surface area contributed by atoms with Crippen molar-refractivity contribution in [2.24, 2.45) is 0 Å². The number of benzene rings is 2. The molecule has 0 amide bonds. The Morgan fingerprint density at radius 1 is 1.11 bits per heavy atom. The van der Waals surface area contributed by atoms with Crippen LogP contribution in [0.2, 0.25) is 0 Å². The van der Waals surface area contributed by atoms with Crippen molar-refractivity contribution in [1.82, 2.24) is 10.1 Å². The zero-order valence-corrected chi connectivity index (χ0v) is 15.9. The summed E-state index contributed by atoms with van der Waals surface area (Å²) < 4.78 is 21.1. The smallest absolute Gasteiger partial charge is 0.306 e. The molecule has 0 radical (unpaired) electrons. The van der Waals surface area contributed by atoms with Crippen molar-refractivity contribution in [2.75, 3.05) is 13.7 Å². The lowest BCUT2D eigenvalue weighted by atomic mass is 10.2. The Morgan fingerprint density at radius 2 is 1.93 bits per heavy atom. The molecule has 0 aliphatic carbocycles. The largest absolute Gasteiger partial charge is 0.497 e. The fourth-order valence-electron chi connectivity index (χ4n) is 2.49. The predicted molar refractivity (Wildman–Crippen MR) is 102 cm³/mol. The number of methoxy groups -OCH3 is 1. The molecule has 7 heteroatoms. The minimum atomic E-state index is -0.330. The minimum absolute atomic E-state index is 0.0305. The molecule has 3 rings (SSSR count). The molecule has 2 aromatic carbocycles. The van der Waals surface area contributed by atoms with Gasteiger partial charge in [0.1, 0.15) is 11.5 Å². The number of aromatic nitrogens is 2. The molecule has 1 aromatic heterocycles. The van der Waals surface area contributed by atoms with Crippen LogP contribution in [0.25, 0.3) is 11.5 Å². The van der Waals surface area contributed by atoms with Crippen molar-refractivity contribution in [3.63, 3.8) is 0 Å². The maximum atomic E-state index is 11.9. The SMILES string of the molecule is COc1ccc(-c2nc(COC(=O)CCCOc3cccc(C)c3)no2)cc1. The van der Waals surface area contributed by atoms with Crippen LogP contribution in [0.3, 0.4) is 0 Å². The Morgan fingerprint density at radius 3 is 2.68 bits per heavy atom. The van der Waals surface area contributed by atoms with Crippen LogP contribution in [0.5, 0.6) is 11.5 Å². The highest BCUT2D eigenvalue weighted by Crippen LogP contribution is 2.20. The first kappa shape index (κ1) is 19.4. The van der Waals surface area contributed by atoms with Gasteiger partial charge in [0.2, 0.25) is 5.82 Å². The molecule has 28 heavy (non-hydrogen) atoms. The molecule has 3 aromatic rings. The first-order valence-corrected chi connectivity index (χ1v) is 8.96. The van der Waals surface area contributed by atoms with Gasteiger partial charge in [0.25, 0.3) is 5.89 Å². The predicted octanol–water partition coefficient (Wildman–Crippen LogP) is 3.96. The number of carbonyl (C=O) groups excluding carboxylic acids is 1. The second kappa shape index (κ2) is 9.55. The van der Waals surface area contributed by atoms with Gasteiger partial charge < -0.3 is 18.7 Å². The molecular weight excluding hydrogens is 360 g/mol. The molecule has 0 aliphatic rings. The van der Waals surface area contributed by atoms with Crippen LogP contribution in [0, 0.1) is 6.92 Å². The maximum Gasteiger partial charge on any atom is 0.306 e. The fraction of sp³-hybridized carbons (Fsp3) is 0.286. The van der Waals surface area contributed by atoms with E-state index in [2.05, 4.69) is 10.1 Å². The molecule has 1 heterocycles. The number of aryl methyl sites for hydroxylation is 1. The van der Waals surface area contributed by atoms with Crippen molar-refractivity contribution in [3.8, 4) is 23.0 Å². The number of hydrogen-bond acceptors (Lipinski definition) is 7. The van der Waals surface area contributed by atoms with Gasteiger partial charge in [-0.05, 0) is 55.3 Å². The van der Waals surface area contributed by atoms with E-state index < -0.39 is 0 Å². The van der Waals surface area contributed by atoms with Gasteiger partial charge in [-0.1, -0.05) is 17.3 Å². The van der Waals surface area contributed by atoms with E-state index >= 15 is 0 Å². The number of esters is 1. The first-order valence-electron chi connectivity index (χ1n) is 8.96. The lowest BCUT2D eigenvalue weighted by Crippen LogP contribution is -2.08. The molecular formula is C21H22N2O5. The zero-order valence-electron chi connectivity index (χ0n) is 15.9. The highest BCUT2D eigenvalue weighted by atomic mass is 16.5. The van der Waals surface area contributed by atoms with Gasteiger partial charge in [-0.3, -0.25) is 4.79 Å². The van der Waals surface area contributed by atoms with Crippen molar-refractivity contribution in [3.05, 3.63) is 59.9 Å². The summed E-state index contributed by atoms with van der Waals surface area (Å²) in [6.45, 7) is 2.42. The third-order valence-electron chi connectivity index (χ3n) is 3.95. The topological polar surface area (TPSA) is 83.7 Å². The van der Waals surface area contributed by atoms with Crippen LogP contribution < -0.4 is 9.47 Å². The number of ether oxygens (including phenoxy) is 3. The van der Waals surface area contributed by atoms with E-state index in [-0.39, 0.29) is 19.0 Å². The minimum Gasteiger partial charge on any atom is -0.497 e. The third-order valence-corrected chi connectivity index (χ3v) is 3.95. The van der Waals surface area contributed by atoms with Gasteiger partial charge in [-0.25, -0.2) is 0 Å². The van der Waals surface area contributed by atoms with Crippen LogP contribution in [0.15, 0.2) is 53.1 Å². The summed E-state index contributed by atoms with van der Waals surface area (Å²) in [5.74, 6) is 1.88. The summed E-state index contributed by atoms with van der Waals surface area (Å²) >= 11 is 0. The summed E-state index contributed by atoms with van der Waals surface area (Å²) in [6.07, 6.45) is 0.825. The summed E-state index contributed by atoms with van der Waals surface area (Å²) in [7, 11) is 1.60. The summed E-state index contributed by atoms with van der Waals surface area (Å²) in [4.78, 5) is 16.1. The van der Waals surface area contributed by atoms with Crippen LogP contribution in [0.1, 0.15) is 24.2 Å². The van der Waals surface area contributed by atoms with Gasteiger partial charge >= 0.3 is 5.97 Å². The quantitative estimate of drug-likeness (QED) is 0.409. The van der Waals surface area contributed by atoms with E-state index in [1.165, 1.54) is 0 Å². The third kappa shape index (κ3) is 5.57. The van der Waals surface area contributed by atoms with Gasteiger partial charge in [-0.2, -0.15) is 4.98 Å². The van der Waals surface area contributed by atoms with Crippen LogP contribution in [-0.2, 0) is 16.1 Å². The Labute approximate surface area is 163 Å². The second-order valence-electron chi connectivity index (χ2n) is 6.17. The maximum absolute atomic E-state index is 11.9. The van der Waals surface area contributed by atoms with Gasteiger partial charge in [0, 0.05) is 12.0 Å². The average Bonchev–Trinajstić information content (AvgIpc) is 3.19. The first-order chi connectivity index (χ1) is 13.6. The van der Waals surface area contributed by atoms with Gasteiger partial charge in [-0.15, -0.1) is 0 Å². The number of carbonyl (C=O) groups is 1. The molecule has 0 saturated carbocycles. The van der Waals surface area contributed by atoms with Crippen molar-refractivity contribution >= 4 is 5.97 Å².